The molecule has 2 N–H and O–H groups in total. The number of rotatable bonds is 6. The second kappa shape index (κ2) is 6.99. The van der Waals surface area contributed by atoms with Crippen LogP contribution in [-0.2, 0) is 6.42 Å². The second-order valence-electron chi connectivity index (χ2n) is 5.99. The summed E-state index contributed by atoms with van der Waals surface area (Å²) in [5, 5.41) is 21.9. The summed E-state index contributed by atoms with van der Waals surface area (Å²) in [6.45, 7) is 3.62. The summed E-state index contributed by atoms with van der Waals surface area (Å²) < 4.78 is 5.63. The van der Waals surface area contributed by atoms with Gasteiger partial charge in [0.1, 0.15) is 11.5 Å². The number of ether oxygens (including phenoxy) is 1. The van der Waals surface area contributed by atoms with Gasteiger partial charge in [0, 0.05) is 17.7 Å². The molecule has 0 saturated heterocycles. The number of non-ortho nitro benzene ring substituents is 1. The topological polar surface area (TPSA) is 102 Å². The van der Waals surface area contributed by atoms with Gasteiger partial charge in [-0.25, -0.2) is 4.79 Å². The minimum Gasteiger partial charge on any atom is -0.465 e. The van der Waals surface area contributed by atoms with Gasteiger partial charge in [0.15, 0.2) is 0 Å². The van der Waals surface area contributed by atoms with Crippen LogP contribution in [0.5, 0.6) is 11.5 Å². The van der Waals surface area contributed by atoms with Crippen LogP contribution in [0.25, 0.3) is 0 Å². The highest BCUT2D eigenvalue weighted by atomic mass is 16.6. The number of benzene rings is 2. The van der Waals surface area contributed by atoms with Crippen molar-refractivity contribution in [1.82, 2.24) is 5.32 Å². The fourth-order valence-corrected chi connectivity index (χ4v) is 2.29. The molecule has 0 saturated carbocycles. The molecule has 2 aromatic carbocycles. The van der Waals surface area contributed by atoms with Crippen LogP contribution in [0.4, 0.5) is 10.5 Å². The Hall–Kier alpha value is -3.09. The molecule has 0 atom stereocenters. The number of carboxylic acid groups (broad SMARTS) is 1. The molecule has 0 heterocycles. The maximum absolute atomic E-state index is 10.8. The molecule has 7 heteroatoms. The summed E-state index contributed by atoms with van der Waals surface area (Å²) in [4.78, 5) is 20.9. The van der Waals surface area contributed by atoms with Crippen molar-refractivity contribution in [2.24, 2.45) is 0 Å². The molecule has 7 nitrogen and oxygen atoms in total. The molecule has 0 radical (unpaired) electrons. The van der Waals surface area contributed by atoms with Gasteiger partial charge in [-0.05, 0) is 50.1 Å². The minimum absolute atomic E-state index is 0.00543. The van der Waals surface area contributed by atoms with Crippen molar-refractivity contribution in [3.05, 3.63) is 64.2 Å². The van der Waals surface area contributed by atoms with Gasteiger partial charge < -0.3 is 15.2 Å². The third-order valence-electron chi connectivity index (χ3n) is 3.30. The normalized spacial score (nSPS) is 10.9. The molecule has 0 unspecified atom stereocenters. The molecule has 0 aromatic heterocycles. The lowest BCUT2D eigenvalue weighted by molar-refractivity contribution is -0.384. The molecule has 0 fully saturated rings. The standard InChI is InChI=1S/C17H18N2O5/c1-17(2,18-16(20)21)11-12-3-7-14(8-4-12)24-15-9-5-13(6-10-15)19(22)23/h3-10,18H,11H2,1-2H3,(H,20,21). The predicted octanol–water partition coefficient (Wildman–Crippen LogP) is 3.98. The average Bonchev–Trinajstić information content (AvgIpc) is 2.48. The van der Waals surface area contributed by atoms with Crippen LogP contribution in [0.1, 0.15) is 19.4 Å². The third kappa shape index (κ3) is 4.98. The molecule has 0 spiro atoms. The molecular weight excluding hydrogens is 312 g/mol. The summed E-state index contributed by atoms with van der Waals surface area (Å²) in [6, 6.07) is 13.1. The van der Waals surface area contributed by atoms with E-state index < -0.39 is 16.6 Å². The highest BCUT2D eigenvalue weighted by molar-refractivity contribution is 5.65. The summed E-state index contributed by atoms with van der Waals surface area (Å²) in [7, 11) is 0. The van der Waals surface area contributed by atoms with Gasteiger partial charge in [-0.3, -0.25) is 10.1 Å². The van der Waals surface area contributed by atoms with Crippen molar-refractivity contribution in [2.75, 3.05) is 0 Å². The maximum Gasteiger partial charge on any atom is 0.405 e. The average molecular weight is 330 g/mol. The van der Waals surface area contributed by atoms with Crippen LogP contribution in [-0.4, -0.2) is 21.7 Å². The van der Waals surface area contributed by atoms with Crippen LogP contribution in [0.15, 0.2) is 48.5 Å². The highest BCUT2D eigenvalue weighted by Gasteiger charge is 2.20. The predicted molar refractivity (Wildman–Crippen MR) is 88.6 cm³/mol. The van der Waals surface area contributed by atoms with Crippen LogP contribution in [0.3, 0.4) is 0 Å². The molecule has 24 heavy (non-hydrogen) atoms. The zero-order valence-electron chi connectivity index (χ0n) is 13.4. The Morgan fingerprint density at radius 3 is 2.08 bits per heavy atom. The Labute approximate surface area is 139 Å². The SMILES string of the molecule is CC(C)(Cc1ccc(Oc2ccc([N+](=O)[O-])cc2)cc1)NC(=O)O. The maximum atomic E-state index is 10.8. The van der Waals surface area contributed by atoms with Crippen molar-refractivity contribution in [2.45, 2.75) is 25.8 Å². The first-order valence-corrected chi connectivity index (χ1v) is 7.27. The fourth-order valence-electron chi connectivity index (χ4n) is 2.29. The summed E-state index contributed by atoms with van der Waals surface area (Å²) in [5.74, 6) is 1.10. The summed E-state index contributed by atoms with van der Waals surface area (Å²) >= 11 is 0. The minimum atomic E-state index is -1.06. The molecule has 2 rings (SSSR count). The van der Waals surface area contributed by atoms with E-state index in [9.17, 15) is 14.9 Å². The first-order valence-electron chi connectivity index (χ1n) is 7.27. The molecular formula is C17H18N2O5. The summed E-state index contributed by atoms with van der Waals surface area (Å²) in [6.07, 6.45) is -0.518. The largest absolute Gasteiger partial charge is 0.465 e. The van der Waals surface area contributed by atoms with E-state index in [1.165, 1.54) is 24.3 Å². The number of nitro benzene ring substituents is 1. The number of nitrogens with zero attached hydrogens (tertiary/aromatic N) is 1. The van der Waals surface area contributed by atoms with Gasteiger partial charge in [0.2, 0.25) is 0 Å². The molecule has 0 aliphatic rings. The van der Waals surface area contributed by atoms with Crippen molar-refractivity contribution in [1.29, 1.82) is 0 Å². The van der Waals surface area contributed by atoms with E-state index in [2.05, 4.69) is 5.32 Å². The Morgan fingerprint density at radius 1 is 1.12 bits per heavy atom. The smallest absolute Gasteiger partial charge is 0.405 e. The number of hydrogen-bond acceptors (Lipinski definition) is 4. The molecule has 0 aliphatic carbocycles. The van der Waals surface area contributed by atoms with Gasteiger partial charge in [-0.15, -0.1) is 0 Å². The van der Waals surface area contributed by atoms with E-state index in [1.54, 1.807) is 12.1 Å². The Bertz CT molecular complexity index is 724. The van der Waals surface area contributed by atoms with Gasteiger partial charge in [0.25, 0.3) is 5.69 Å². The zero-order chi connectivity index (χ0) is 17.7. The number of nitrogens with one attached hydrogen (secondary N) is 1. The Balaban J connectivity index is 2.01. The lowest BCUT2D eigenvalue weighted by Gasteiger charge is -2.24. The molecule has 2 aromatic rings. The fraction of sp³-hybridized carbons (Fsp3) is 0.235. The number of amides is 1. The molecule has 1 amide bonds. The molecule has 0 bridgehead atoms. The zero-order valence-corrected chi connectivity index (χ0v) is 13.4. The Morgan fingerprint density at radius 2 is 1.62 bits per heavy atom. The quantitative estimate of drug-likeness (QED) is 0.616. The van der Waals surface area contributed by atoms with Crippen molar-refractivity contribution < 1.29 is 19.6 Å². The van der Waals surface area contributed by atoms with Gasteiger partial charge in [-0.1, -0.05) is 12.1 Å². The first-order chi connectivity index (χ1) is 11.2. The monoisotopic (exact) mass is 330 g/mol. The van der Waals surface area contributed by atoms with Gasteiger partial charge >= 0.3 is 6.09 Å². The first kappa shape index (κ1) is 17.3. The van der Waals surface area contributed by atoms with Crippen LogP contribution in [0, 0.1) is 10.1 Å². The van der Waals surface area contributed by atoms with E-state index in [-0.39, 0.29) is 5.69 Å². The molecule has 126 valence electrons. The second-order valence-corrected chi connectivity index (χ2v) is 5.99. The van der Waals surface area contributed by atoms with Gasteiger partial charge in [-0.2, -0.15) is 0 Å². The number of nitro groups is 1. The highest BCUT2D eigenvalue weighted by Crippen LogP contribution is 2.24. The van der Waals surface area contributed by atoms with Crippen LogP contribution in [0.2, 0.25) is 0 Å². The van der Waals surface area contributed by atoms with E-state index in [0.717, 1.165) is 5.56 Å². The number of carbonyl (C=O) groups is 1. The number of hydrogen-bond donors (Lipinski definition) is 2. The Kier molecular flexibility index (Phi) is 5.03. The third-order valence-corrected chi connectivity index (χ3v) is 3.30. The van der Waals surface area contributed by atoms with E-state index in [0.29, 0.717) is 17.9 Å². The van der Waals surface area contributed by atoms with E-state index in [4.69, 9.17) is 9.84 Å². The van der Waals surface area contributed by atoms with Crippen molar-refractivity contribution in [3.63, 3.8) is 0 Å². The summed E-state index contributed by atoms with van der Waals surface area (Å²) in [5.41, 5.74) is 0.391. The lowest BCUT2D eigenvalue weighted by Crippen LogP contribution is -2.44. The molecule has 0 aliphatic heterocycles. The van der Waals surface area contributed by atoms with E-state index >= 15 is 0 Å². The van der Waals surface area contributed by atoms with Gasteiger partial charge in [0.05, 0.1) is 4.92 Å². The van der Waals surface area contributed by atoms with Crippen LogP contribution >= 0.6 is 0 Å². The van der Waals surface area contributed by atoms with Crippen LogP contribution < -0.4 is 10.1 Å². The van der Waals surface area contributed by atoms with Crippen molar-refractivity contribution >= 4 is 11.8 Å². The van der Waals surface area contributed by atoms with E-state index in [1.807, 2.05) is 26.0 Å². The van der Waals surface area contributed by atoms with Crippen molar-refractivity contribution in [3.8, 4) is 11.5 Å². The lowest BCUT2D eigenvalue weighted by atomic mass is 9.95.